The number of carbonyl (C=O) groups excluding carboxylic acids is 1. The number of rotatable bonds is 0. The van der Waals surface area contributed by atoms with Gasteiger partial charge in [0.25, 0.3) is 0 Å². The third kappa shape index (κ3) is 1.93. The third-order valence-electron chi connectivity index (χ3n) is 6.62. The van der Waals surface area contributed by atoms with E-state index in [1.54, 1.807) is 0 Å². The Hall–Kier alpha value is -0.570. The molecule has 3 rings (SSSR count). The van der Waals surface area contributed by atoms with Gasteiger partial charge in [-0.05, 0) is 55.8 Å². The fourth-order valence-electron chi connectivity index (χ4n) is 6.10. The molecule has 3 aliphatic rings. The number of fused-ring (bicyclic) bond motifs is 3. The summed E-state index contributed by atoms with van der Waals surface area (Å²) in [6, 6.07) is 0. The molecule has 1 aliphatic heterocycles. The van der Waals surface area contributed by atoms with Crippen LogP contribution < -0.4 is 0 Å². The molecule has 0 aromatic heterocycles. The van der Waals surface area contributed by atoms with Crippen molar-refractivity contribution in [3.63, 3.8) is 0 Å². The average molecular weight is 280 g/mol. The van der Waals surface area contributed by atoms with Crippen LogP contribution in [0.4, 0.5) is 0 Å². The van der Waals surface area contributed by atoms with Crippen molar-refractivity contribution in [2.24, 2.45) is 22.7 Å². The first-order valence-corrected chi connectivity index (χ1v) is 8.07. The van der Waals surface area contributed by atoms with Crippen LogP contribution in [0.25, 0.3) is 0 Å². The molecule has 0 amide bonds. The molecular formula is C17H28O3. The van der Waals surface area contributed by atoms with Gasteiger partial charge in [0.2, 0.25) is 0 Å². The highest BCUT2D eigenvalue weighted by atomic mass is 16.6. The Morgan fingerprint density at radius 3 is 2.50 bits per heavy atom. The SMILES string of the molecule is CC1(C)C[C@H](O)C[C@@]2(C)C1CC[C@@]1(C)OC(=O)CCC21. The van der Waals surface area contributed by atoms with Gasteiger partial charge in [-0.25, -0.2) is 0 Å². The van der Waals surface area contributed by atoms with Gasteiger partial charge in [-0.15, -0.1) is 0 Å². The van der Waals surface area contributed by atoms with Gasteiger partial charge in [0.05, 0.1) is 6.10 Å². The molecule has 2 unspecified atom stereocenters. The number of aliphatic hydroxyl groups is 1. The molecule has 0 spiro atoms. The van der Waals surface area contributed by atoms with Crippen LogP contribution in [0.15, 0.2) is 0 Å². The van der Waals surface area contributed by atoms with E-state index >= 15 is 0 Å². The third-order valence-corrected chi connectivity index (χ3v) is 6.62. The Balaban J connectivity index is 1.99. The normalized spacial score (nSPS) is 50.9. The Labute approximate surface area is 122 Å². The highest BCUT2D eigenvalue weighted by molar-refractivity contribution is 5.71. The van der Waals surface area contributed by atoms with Crippen LogP contribution in [0.2, 0.25) is 0 Å². The quantitative estimate of drug-likeness (QED) is 0.693. The largest absolute Gasteiger partial charge is 0.459 e. The van der Waals surface area contributed by atoms with Crippen molar-refractivity contribution in [1.82, 2.24) is 0 Å². The minimum atomic E-state index is -0.312. The van der Waals surface area contributed by atoms with Gasteiger partial charge in [0.15, 0.2) is 0 Å². The highest BCUT2D eigenvalue weighted by Crippen LogP contribution is 2.64. The smallest absolute Gasteiger partial charge is 0.306 e. The van der Waals surface area contributed by atoms with Crippen molar-refractivity contribution in [2.45, 2.75) is 77.9 Å². The van der Waals surface area contributed by atoms with Gasteiger partial charge >= 0.3 is 5.97 Å². The molecule has 2 saturated carbocycles. The first-order valence-electron chi connectivity index (χ1n) is 8.07. The number of aliphatic hydroxyl groups excluding tert-OH is 1. The lowest BCUT2D eigenvalue weighted by molar-refractivity contribution is -0.223. The molecule has 0 bridgehead atoms. The number of ether oxygens (including phenoxy) is 1. The zero-order chi connectivity index (χ0) is 14.8. The minimum Gasteiger partial charge on any atom is -0.459 e. The van der Waals surface area contributed by atoms with Gasteiger partial charge in [-0.3, -0.25) is 4.79 Å². The van der Waals surface area contributed by atoms with Gasteiger partial charge in [0.1, 0.15) is 5.60 Å². The zero-order valence-corrected chi connectivity index (χ0v) is 13.2. The van der Waals surface area contributed by atoms with Gasteiger partial charge in [0, 0.05) is 12.3 Å². The molecule has 0 aromatic rings. The molecular weight excluding hydrogens is 252 g/mol. The lowest BCUT2D eigenvalue weighted by atomic mass is 9.44. The molecule has 5 atom stereocenters. The van der Waals surface area contributed by atoms with Crippen molar-refractivity contribution in [1.29, 1.82) is 0 Å². The summed E-state index contributed by atoms with van der Waals surface area (Å²) in [7, 11) is 0. The van der Waals surface area contributed by atoms with Crippen LogP contribution in [-0.2, 0) is 9.53 Å². The van der Waals surface area contributed by atoms with Crippen LogP contribution in [0.3, 0.4) is 0 Å². The molecule has 20 heavy (non-hydrogen) atoms. The van der Waals surface area contributed by atoms with Crippen LogP contribution in [0.5, 0.6) is 0 Å². The Bertz CT molecular complexity index is 430. The van der Waals surface area contributed by atoms with Crippen LogP contribution in [0, 0.1) is 22.7 Å². The van der Waals surface area contributed by atoms with Crippen molar-refractivity contribution in [3.05, 3.63) is 0 Å². The summed E-state index contributed by atoms with van der Waals surface area (Å²) in [6.07, 6.45) is 5.09. The molecule has 3 heteroatoms. The summed E-state index contributed by atoms with van der Waals surface area (Å²) in [5.74, 6) is 0.968. The van der Waals surface area contributed by atoms with E-state index in [4.69, 9.17) is 4.74 Å². The summed E-state index contributed by atoms with van der Waals surface area (Å²) in [5.41, 5.74) is -0.0439. The Morgan fingerprint density at radius 2 is 1.80 bits per heavy atom. The van der Waals surface area contributed by atoms with Crippen molar-refractivity contribution in [2.75, 3.05) is 0 Å². The van der Waals surface area contributed by atoms with E-state index in [9.17, 15) is 9.90 Å². The second-order valence-electron chi connectivity index (χ2n) is 8.53. The molecule has 0 aromatic carbocycles. The Morgan fingerprint density at radius 1 is 1.10 bits per heavy atom. The monoisotopic (exact) mass is 280 g/mol. The predicted molar refractivity (Wildman–Crippen MR) is 77.1 cm³/mol. The second kappa shape index (κ2) is 4.22. The topological polar surface area (TPSA) is 46.5 Å². The number of esters is 1. The van der Waals surface area contributed by atoms with E-state index < -0.39 is 0 Å². The van der Waals surface area contributed by atoms with Crippen LogP contribution >= 0.6 is 0 Å². The minimum absolute atomic E-state index is 0.0404. The zero-order valence-electron chi connectivity index (χ0n) is 13.2. The van der Waals surface area contributed by atoms with Crippen LogP contribution in [-0.4, -0.2) is 22.8 Å². The first-order chi connectivity index (χ1) is 9.17. The maximum Gasteiger partial charge on any atom is 0.306 e. The van der Waals surface area contributed by atoms with E-state index in [0.29, 0.717) is 18.3 Å². The van der Waals surface area contributed by atoms with Crippen molar-refractivity contribution >= 4 is 5.97 Å². The lowest BCUT2D eigenvalue weighted by Crippen LogP contribution is -2.62. The summed E-state index contributed by atoms with van der Waals surface area (Å²) < 4.78 is 5.77. The van der Waals surface area contributed by atoms with Gasteiger partial charge in [-0.2, -0.15) is 0 Å². The molecule has 0 radical (unpaired) electrons. The molecule has 1 saturated heterocycles. The summed E-state index contributed by atoms with van der Waals surface area (Å²) >= 11 is 0. The first kappa shape index (κ1) is 14.4. The molecule has 1 N–H and O–H groups in total. The summed E-state index contributed by atoms with van der Waals surface area (Å²) in [5, 5.41) is 10.4. The lowest BCUT2D eigenvalue weighted by Gasteiger charge is -2.63. The molecule has 114 valence electrons. The fourth-order valence-corrected chi connectivity index (χ4v) is 6.10. The number of hydrogen-bond donors (Lipinski definition) is 1. The average Bonchev–Trinajstić information content (AvgIpc) is 2.24. The van der Waals surface area contributed by atoms with Crippen molar-refractivity contribution in [3.8, 4) is 0 Å². The second-order valence-corrected chi connectivity index (χ2v) is 8.53. The van der Waals surface area contributed by atoms with E-state index in [1.165, 1.54) is 0 Å². The van der Waals surface area contributed by atoms with E-state index in [1.807, 2.05) is 0 Å². The van der Waals surface area contributed by atoms with E-state index in [0.717, 1.165) is 32.1 Å². The van der Waals surface area contributed by atoms with Gasteiger partial charge < -0.3 is 9.84 Å². The maximum atomic E-state index is 11.7. The molecule has 1 heterocycles. The van der Waals surface area contributed by atoms with Crippen LogP contribution in [0.1, 0.15) is 66.2 Å². The van der Waals surface area contributed by atoms with Gasteiger partial charge in [-0.1, -0.05) is 20.8 Å². The Kier molecular flexibility index (Phi) is 3.03. The summed E-state index contributed by atoms with van der Waals surface area (Å²) in [4.78, 5) is 11.7. The van der Waals surface area contributed by atoms with Crippen molar-refractivity contribution < 1.29 is 14.6 Å². The van der Waals surface area contributed by atoms with E-state index in [2.05, 4.69) is 27.7 Å². The standard InChI is InChI=1S/C17H28O3/c1-15(2)9-11(18)10-16(3)12(15)7-8-17(4)13(16)5-6-14(19)20-17/h11-13,18H,5-10H2,1-4H3/t11-,12?,13?,16-,17+/m0/s1. The number of carbonyl (C=O) groups is 1. The maximum absolute atomic E-state index is 11.7. The fraction of sp³-hybridized carbons (Fsp3) is 0.941. The molecule has 2 aliphatic carbocycles. The predicted octanol–water partition coefficient (Wildman–Crippen LogP) is 3.30. The molecule has 3 nitrogen and oxygen atoms in total. The summed E-state index contributed by atoms with van der Waals surface area (Å²) in [6.45, 7) is 9.05. The highest BCUT2D eigenvalue weighted by Gasteiger charge is 2.62. The molecule has 3 fully saturated rings. The number of hydrogen-bond acceptors (Lipinski definition) is 3. The van der Waals surface area contributed by atoms with E-state index in [-0.39, 0.29) is 28.5 Å².